The van der Waals surface area contributed by atoms with E-state index in [0.29, 0.717) is 19.5 Å². The van der Waals surface area contributed by atoms with Crippen molar-refractivity contribution in [2.24, 2.45) is 11.8 Å². The highest BCUT2D eigenvalue weighted by molar-refractivity contribution is 5.85. The molecule has 2 aromatic rings. The fraction of sp³-hybridized carbons (Fsp3) is 0.619. The van der Waals surface area contributed by atoms with E-state index in [1.807, 2.05) is 33.7 Å². The average Bonchev–Trinajstić information content (AvgIpc) is 3.16. The predicted molar refractivity (Wildman–Crippen MR) is 114 cm³/mol. The molecule has 0 unspecified atom stereocenters. The van der Waals surface area contributed by atoms with Gasteiger partial charge in [0.05, 0.1) is 11.0 Å². The van der Waals surface area contributed by atoms with Gasteiger partial charge in [-0.05, 0) is 56.3 Å². The number of fused-ring (bicyclic) bond motifs is 2. The summed E-state index contributed by atoms with van der Waals surface area (Å²) in [6, 6.07) is 7.89. The van der Waals surface area contributed by atoms with Crippen LogP contribution in [0.1, 0.15) is 32.6 Å². The Hall–Kier alpha value is -1.79. The third kappa shape index (κ3) is 3.98. The summed E-state index contributed by atoms with van der Waals surface area (Å²) in [6.45, 7) is 7.15. The van der Waals surface area contributed by atoms with Crippen LogP contribution in [0.3, 0.4) is 0 Å². The van der Waals surface area contributed by atoms with Crippen molar-refractivity contribution in [3.8, 4) is 0 Å². The molecule has 0 saturated carbocycles. The largest absolute Gasteiger partial charge is 0.343 e. The van der Waals surface area contributed by atoms with E-state index in [2.05, 4.69) is 12.2 Å². The van der Waals surface area contributed by atoms with Crippen LogP contribution in [0.15, 0.2) is 29.1 Å². The van der Waals surface area contributed by atoms with Gasteiger partial charge in [0.15, 0.2) is 0 Å². The zero-order valence-electron chi connectivity index (χ0n) is 16.6. The second kappa shape index (κ2) is 9.14. The van der Waals surface area contributed by atoms with Gasteiger partial charge in [0.2, 0.25) is 5.91 Å². The highest BCUT2D eigenvalue weighted by Crippen LogP contribution is 2.27. The maximum absolute atomic E-state index is 12.8. The molecule has 6 nitrogen and oxygen atoms in total. The number of para-hydroxylation sites is 2. The van der Waals surface area contributed by atoms with Gasteiger partial charge in [-0.1, -0.05) is 19.1 Å². The Morgan fingerprint density at radius 2 is 1.61 bits per heavy atom. The maximum atomic E-state index is 12.8. The molecule has 1 aromatic heterocycles. The van der Waals surface area contributed by atoms with Gasteiger partial charge < -0.3 is 10.2 Å². The monoisotopic (exact) mass is 406 g/mol. The van der Waals surface area contributed by atoms with Crippen LogP contribution in [-0.2, 0) is 17.9 Å². The first kappa shape index (κ1) is 20.9. The molecular formula is C21H31ClN4O2. The quantitative estimate of drug-likeness (QED) is 0.829. The van der Waals surface area contributed by atoms with E-state index >= 15 is 0 Å². The van der Waals surface area contributed by atoms with Crippen LogP contribution >= 0.6 is 12.4 Å². The zero-order chi connectivity index (χ0) is 18.8. The Labute approximate surface area is 172 Å². The zero-order valence-corrected chi connectivity index (χ0v) is 17.4. The van der Waals surface area contributed by atoms with Crippen molar-refractivity contribution in [1.29, 1.82) is 0 Å². The van der Waals surface area contributed by atoms with E-state index in [1.165, 1.54) is 0 Å². The Bertz CT molecular complexity index is 861. The van der Waals surface area contributed by atoms with E-state index in [4.69, 9.17) is 0 Å². The summed E-state index contributed by atoms with van der Waals surface area (Å²) < 4.78 is 3.61. The first-order valence-corrected chi connectivity index (χ1v) is 10.4. The molecular weight excluding hydrogens is 376 g/mol. The molecule has 0 bridgehead atoms. The van der Waals surface area contributed by atoms with Gasteiger partial charge in [0.1, 0.15) is 0 Å². The van der Waals surface area contributed by atoms with E-state index in [0.717, 1.165) is 68.3 Å². The van der Waals surface area contributed by atoms with Gasteiger partial charge in [0.25, 0.3) is 0 Å². The number of nitrogens with one attached hydrogen (secondary N) is 1. The van der Waals surface area contributed by atoms with E-state index in [1.54, 1.807) is 4.57 Å². The van der Waals surface area contributed by atoms with Crippen molar-refractivity contribution >= 4 is 29.3 Å². The van der Waals surface area contributed by atoms with Crippen LogP contribution < -0.4 is 11.0 Å². The van der Waals surface area contributed by atoms with Gasteiger partial charge in [0, 0.05) is 32.6 Å². The number of hydrogen-bond acceptors (Lipinski definition) is 3. The van der Waals surface area contributed by atoms with E-state index in [9.17, 15) is 9.59 Å². The lowest BCUT2D eigenvalue weighted by atomic mass is 9.92. The number of amides is 1. The van der Waals surface area contributed by atoms with E-state index in [-0.39, 0.29) is 24.0 Å². The van der Waals surface area contributed by atoms with Crippen LogP contribution in [0, 0.1) is 11.8 Å². The molecule has 2 atom stereocenters. The molecule has 0 spiro atoms. The Balaban J connectivity index is 0.00000225. The van der Waals surface area contributed by atoms with Gasteiger partial charge in [-0.25, -0.2) is 4.79 Å². The third-order valence-electron chi connectivity index (χ3n) is 6.29. The Morgan fingerprint density at radius 1 is 1.04 bits per heavy atom. The number of likely N-dealkylation sites (tertiary alicyclic amines) is 1. The maximum Gasteiger partial charge on any atom is 0.329 e. The normalized spacial score (nSPS) is 22.0. The fourth-order valence-corrected chi connectivity index (χ4v) is 4.76. The lowest BCUT2D eigenvalue weighted by Crippen LogP contribution is -2.34. The summed E-state index contributed by atoms with van der Waals surface area (Å²) in [5.41, 5.74) is 1.90. The molecule has 1 aromatic carbocycles. The summed E-state index contributed by atoms with van der Waals surface area (Å²) in [5.74, 6) is 1.62. The number of aryl methyl sites for hydroxylation is 2. The molecule has 1 amide bonds. The summed E-state index contributed by atoms with van der Waals surface area (Å²) in [7, 11) is 0. The average molecular weight is 407 g/mol. The van der Waals surface area contributed by atoms with Crippen LogP contribution in [0.5, 0.6) is 0 Å². The van der Waals surface area contributed by atoms with Gasteiger partial charge in [-0.2, -0.15) is 0 Å². The van der Waals surface area contributed by atoms with Crippen LogP contribution in [-0.4, -0.2) is 46.1 Å². The number of nitrogens with zero attached hydrogens (tertiary/aromatic N) is 3. The number of carbonyl (C=O) groups is 1. The van der Waals surface area contributed by atoms with Crippen molar-refractivity contribution in [2.45, 2.75) is 45.7 Å². The topological polar surface area (TPSA) is 59.3 Å². The summed E-state index contributed by atoms with van der Waals surface area (Å²) in [4.78, 5) is 27.7. The fourth-order valence-electron chi connectivity index (χ4n) is 4.76. The minimum atomic E-state index is 0. The van der Waals surface area contributed by atoms with Crippen molar-refractivity contribution in [1.82, 2.24) is 19.4 Å². The van der Waals surface area contributed by atoms with Crippen LogP contribution in [0.25, 0.3) is 11.0 Å². The minimum Gasteiger partial charge on any atom is -0.343 e. The number of benzene rings is 1. The van der Waals surface area contributed by atoms with Crippen LogP contribution in [0.4, 0.5) is 0 Å². The molecule has 2 aliphatic heterocycles. The summed E-state index contributed by atoms with van der Waals surface area (Å²) in [5, 5.41) is 3.47. The van der Waals surface area contributed by atoms with Crippen molar-refractivity contribution in [3.05, 3.63) is 34.7 Å². The molecule has 0 aliphatic carbocycles. The highest BCUT2D eigenvalue weighted by Gasteiger charge is 2.31. The van der Waals surface area contributed by atoms with Crippen molar-refractivity contribution in [3.63, 3.8) is 0 Å². The molecule has 4 rings (SSSR count). The first-order chi connectivity index (χ1) is 13.2. The van der Waals surface area contributed by atoms with Crippen molar-refractivity contribution in [2.75, 3.05) is 26.2 Å². The molecule has 3 heterocycles. The molecule has 2 aliphatic rings. The third-order valence-corrected chi connectivity index (χ3v) is 6.29. The molecule has 2 saturated heterocycles. The second-order valence-corrected chi connectivity index (χ2v) is 7.96. The lowest BCUT2D eigenvalue weighted by molar-refractivity contribution is -0.131. The number of imidazole rings is 1. The molecule has 0 radical (unpaired) electrons. The molecule has 7 heteroatoms. The Kier molecular flexibility index (Phi) is 6.83. The SMILES string of the molecule is CCCn1c(=O)n(CCC(=O)N2CC[C@@H]3CNC[C@@H]3CC2)c2ccccc21.Cl. The number of carbonyl (C=O) groups excluding carboxylic acids is 1. The highest BCUT2D eigenvalue weighted by atomic mass is 35.5. The van der Waals surface area contributed by atoms with Gasteiger partial charge in [-0.15, -0.1) is 12.4 Å². The standard InChI is InChI=1S/C21H30N4O2.ClH/c1-2-10-24-18-5-3-4-6-19(18)25(21(24)27)13-9-20(26)23-11-7-16-14-22-15-17(16)8-12-23;/h3-6,16-17,22H,2,7-15H2,1H3;1H/t16-,17+;. The number of hydrogen-bond donors (Lipinski definition) is 1. The van der Waals surface area contributed by atoms with Gasteiger partial charge in [-0.3, -0.25) is 13.9 Å². The molecule has 2 fully saturated rings. The van der Waals surface area contributed by atoms with Crippen molar-refractivity contribution < 1.29 is 4.79 Å². The summed E-state index contributed by atoms with van der Waals surface area (Å²) >= 11 is 0. The van der Waals surface area contributed by atoms with Crippen LogP contribution in [0.2, 0.25) is 0 Å². The van der Waals surface area contributed by atoms with Gasteiger partial charge >= 0.3 is 5.69 Å². The Morgan fingerprint density at radius 3 is 2.18 bits per heavy atom. The predicted octanol–water partition coefficient (Wildman–Crippen LogP) is 2.48. The molecule has 28 heavy (non-hydrogen) atoms. The number of halogens is 1. The molecule has 154 valence electrons. The minimum absolute atomic E-state index is 0. The number of rotatable bonds is 5. The molecule has 1 N–H and O–H groups in total. The second-order valence-electron chi connectivity index (χ2n) is 7.96. The smallest absolute Gasteiger partial charge is 0.329 e. The first-order valence-electron chi connectivity index (χ1n) is 10.4. The number of aromatic nitrogens is 2. The summed E-state index contributed by atoms with van der Waals surface area (Å²) in [6.07, 6.45) is 3.50. The van der Waals surface area contributed by atoms with E-state index < -0.39 is 0 Å². The lowest BCUT2D eigenvalue weighted by Gasteiger charge is -2.21.